The fourth-order valence-corrected chi connectivity index (χ4v) is 1.84. The van der Waals surface area contributed by atoms with E-state index in [0.717, 1.165) is 19.1 Å². The van der Waals surface area contributed by atoms with Crippen LogP contribution >= 0.6 is 69.6 Å². The number of benzene rings is 1. The third-order valence-corrected chi connectivity index (χ3v) is 3.19. The van der Waals surface area contributed by atoms with E-state index in [-0.39, 0.29) is 5.56 Å². The summed E-state index contributed by atoms with van der Waals surface area (Å²) in [6.45, 7) is -0.180. The Hall–Kier alpha value is -1.03. The van der Waals surface area contributed by atoms with Crippen molar-refractivity contribution in [2.24, 2.45) is 0 Å². The van der Waals surface area contributed by atoms with Crippen molar-refractivity contribution in [1.82, 2.24) is 0 Å². The number of phenolic OH excluding ortho intramolecular Hbond substituents is 1. The van der Waals surface area contributed by atoms with Gasteiger partial charge < -0.3 is 24.1 Å². The lowest BCUT2D eigenvalue weighted by Crippen LogP contribution is -2.21. The molecule has 0 saturated heterocycles. The molecule has 0 atom stereocenters. The van der Waals surface area contributed by atoms with Crippen molar-refractivity contribution >= 4 is 87.7 Å². The SMILES string of the molecule is CC(=O)c1cc(OC(=O)OCC(Cl)(Cl)Cl)c(OC(=O)OCC(Cl)(Cl)Cl)cc1O. The van der Waals surface area contributed by atoms with Crippen molar-refractivity contribution in [1.29, 1.82) is 0 Å². The highest BCUT2D eigenvalue weighted by molar-refractivity contribution is 6.68. The summed E-state index contributed by atoms with van der Waals surface area (Å²) in [5.41, 5.74) is -0.244. The van der Waals surface area contributed by atoms with Gasteiger partial charge in [-0.3, -0.25) is 4.79 Å². The van der Waals surface area contributed by atoms with Crippen LogP contribution in [0.2, 0.25) is 0 Å². The van der Waals surface area contributed by atoms with E-state index in [4.69, 9.17) is 79.1 Å². The first-order chi connectivity index (χ1) is 12.7. The van der Waals surface area contributed by atoms with Crippen LogP contribution in [0.5, 0.6) is 17.2 Å². The molecule has 156 valence electrons. The number of carbonyl (C=O) groups is 3. The maximum atomic E-state index is 11.7. The predicted octanol–water partition coefficient (Wildman–Crippen LogP) is 5.37. The number of hydrogen-bond acceptors (Lipinski definition) is 8. The number of Topliss-reactive ketones (excluding diaryl/α,β-unsaturated/α-hetero) is 1. The summed E-state index contributed by atoms with van der Waals surface area (Å²) in [4.78, 5) is 35.0. The van der Waals surface area contributed by atoms with Crippen LogP contribution < -0.4 is 9.47 Å². The van der Waals surface area contributed by atoms with Crippen LogP contribution in [0, 0.1) is 0 Å². The summed E-state index contributed by atoms with van der Waals surface area (Å²) in [6, 6.07) is 1.75. The lowest BCUT2D eigenvalue weighted by molar-refractivity contribution is 0.0906. The molecular weight excluding hydrogens is 509 g/mol. The van der Waals surface area contributed by atoms with Crippen molar-refractivity contribution in [3.63, 3.8) is 0 Å². The number of alkyl halides is 6. The Labute approximate surface area is 188 Å². The zero-order valence-electron chi connectivity index (χ0n) is 13.6. The van der Waals surface area contributed by atoms with Gasteiger partial charge in [0.15, 0.2) is 17.3 Å². The first kappa shape index (κ1) is 25.0. The molecule has 1 N–H and O–H groups in total. The van der Waals surface area contributed by atoms with E-state index in [1.807, 2.05) is 0 Å². The number of carbonyl (C=O) groups excluding carboxylic acids is 3. The third-order valence-electron chi connectivity index (χ3n) is 2.54. The van der Waals surface area contributed by atoms with E-state index >= 15 is 0 Å². The molecule has 0 radical (unpaired) electrons. The highest BCUT2D eigenvalue weighted by Crippen LogP contribution is 2.36. The number of ether oxygens (including phenoxy) is 4. The van der Waals surface area contributed by atoms with E-state index in [9.17, 15) is 19.5 Å². The van der Waals surface area contributed by atoms with Crippen LogP contribution in [0.15, 0.2) is 12.1 Å². The molecule has 14 heteroatoms. The Bertz CT molecular complexity index is 755. The van der Waals surface area contributed by atoms with Gasteiger partial charge in [0.1, 0.15) is 19.0 Å². The number of rotatable bonds is 5. The summed E-state index contributed by atoms with van der Waals surface area (Å²) < 4.78 is 14.9. The second-order valence-electron chi connectivity index (χ2n) is 4.88. The van der Waals surface area contributed by atoms with Crippen LogP contribution in [0.1, 0.15) is 17.3 Å². The molecule has 0 aliphatic rings. The van der Waals surface area contributed by atoms with E-state index in [1.54, 1.807) is 0 Å². The van der Waals surface area contributed by atoms with Crippen LogP contribution in [0.3, 0.4) is 0 Å². The Balaban J connectivity index is 3.04. The molecule has 0 bridgehead atoms. The molecule has 0 aliphatic heterocycles. The Kier molecular flexibility index (Phi) is 9.05. The minimum absolute atomic E-state index is 0.244. The standard InChI is InChI=1S/C14H10Cl6O8/c1-6(21)7-2-9(27-11(23)25-4-13(15,16)17)10(3-8(7)22)28-12(24)26-5-14(18,19)20/h2-3,22H,4-5H2,1H3. The summed E-state index contributed by atoms with van der Waals surface area (Å²) in [5, 5.41) is 9.86. The summed E-state index contributed by atoms with van der Waals surface area (Å²) >= 11 is 32.6. The van der Waals surface area contributed by atoms with Gasteiger partial charge in [-0.1, -0.05) is 69.6 Å². The van der Waals surface area contributed by atoms with Crippen LogP contribution in [0.25, 0.3) is 0 Å². The van der Waals surface area contributed by atoms with Gasteiger partial charge >= 0.3 is 12.3 Å². The van der Waals surface area contributed by atoms with Crippen molar-refractivity contribution in [2.45, 2.75) is 14.5 Å². The van der Waals surface area contributed by atoms with E-state index in [2.05, 4.69) is 9.47 Å². The molecule has 28 heavy (non-hydrogen) atoms. The summed E-state index contributed by atoms with van der Waals surface area (Å²) in [5.74, 6) is -2.15. The lowest BCUT2D eigenvalue weighted by Gasteiger charge is -2.15. The van der Waals surface area contributed by atoms with Crippen LogP contribution in [0.4, 0.5) is 9.59 Å². The van der Waals surface area contributed by atoms with Gasteiger partial charge in [0, 0.05) is 6.07 Å². The minimum atomic E-state index is -1.90. The van der Waals surface area contributed by atoms with Crippen molar-refractivity contribution < 1.29 is 38.4 Å². The fourth-order valence-electron chi connectivity index (χ4n) is 1.51. The van der Waals surface area contributed by atoms with Crippen molar-refractivity contribution in [2.75, 3.05) is 13.2 Å². The quantitative estimate of drug-likeness (QED) is 0.240. The molecule has 0 aliphatic carbocycles. The number of phenols is 1. The maximum Gasteiger partial charge on any atom is 0.514 e. The number of aromatic hydroxyl groups is 1. The highest BCUT2D eigenvalue weighted by Gasteiger charge is 2.26. The number of ketones is 1. The Morgan fingerprint density at radius 2 is 1.25 bits per heavy atom. The monoisotopic (exact) mass is 516 g/mol. The van der Waals surface area contributed by atoms with Gasteiger partial charge in [-0.05, 0) is 13.0 Å². The molecular formula is C14H10Cl6O8. The predicted molar refractivity (Wildman–Crippen MR) is 103 cm³/mol. The van der Waals surface area contributed by atoms with Crippen molar-refractivity contribution in [3.05, 3.63) is 17.7 Å². The second kappa shape index (κ2) is 10.1. The van der Waals surface area contributed by atoms with Gasteiger partial charge in [0.25, 0.3) is 0 Å². The Morgan fingerprint density at radius 3 is 1.61 bits per heavy atom. The van der Waals surface area contributed by atoms with Gasteiger partial charge in [-0.15, -0.1) is 0 Å². The normalized spacial score (nSPS) is 11.5. The first-order valence-electron chi connectivity index (χ1n) is 6.88. The molecule has 0 amide bonds. The molecule has 0 fully saturated rings. The van der Waals surface area contributed by atoms with E-state index in [1.165, 1.54) is 0 Å². The highest BCUT2D eigenvalue weighted by atomic mass is 35.6. The topological polar surface area (TPSA) is 108 Å². The maximum absolute atomic E-state index is 11.7. The molecule has 0 heterocycles. The largest absolute Gasteiger partial charge is 0.514 e. The fraction of sp³-hybridized carbons (Fsp3) is 0.357. The average molecular weight is 519 g/mol. The average Bonchev–Trinajstić information content (AvgIpc) is 2.52. The van der Waals surface area contributed by atoms with Crippen LogP contribution in [-0.4, -0.2) is 44.0 Å². The van der Waals surface area contributed by atoms with E-state index < -0.39 is 56.1 Å². The molecule has 0 aromatic heterocycles. The summed E-state index contributed by atoms with van der Waals surface area (Å²) in [7, 11) is 0. The van der Waals surface area contributed by atoms with Gasteiger partial charge in [-0.25, -0.2) is 9.59 Å². The molecule has 0 saturated carbocycles. The van der Waals surface area contributed by atoms with Crippen LogP contribution in [-0.2, 0) is 9.47 Å². The number of hydrogen-bond donors (Lipinski definition) is 1. The first-order valence-corrected chi connectivity index (χ1v) is 9.15. The summed E-state index contributed by atoms with van der Waals surface area (Å²) in [6.07, 6.45) is -2.72. The molecule has 1 rings (SSSR count). The van der Waals surface area contributed by atoms with Crippen molar-refractivity contribution in [3.8, 4) is 17.2 Å². The molecule has 1 aromatic carbocycles. The zero-order chi connectivity index (χ0) is 21.7. The second-order valence-corrected chi connectivity index (χ2v) is 9.92. The minimum Gasteiger partial charge on any atom is -0.507 e. The van der Waals surface area contributed by atoms with Gasteiger partial charge in [0.05, 0.1) is 5.56 Å². The number of halogens is 6. The van der Waals surface area contributed by atoms with E-state index in [0.29, 0.717) is 0 Å². The molecule has 0 spiro atoms. The third kappa shape index (κ3) is 9.45. The van der Waals surface area contributed by atoms with Gasteiger partial charge in [0.2, 0.25) is 7.59 Å². The zero-order valence-corrected chi connectivity index (χ0v) is 18.2. The van der Waals surface area contributed by atoms with Gasteiger partial charge in [-0.2, -0.15) is 0 Å². The lowest BCUT2D eigenvalue weighted by atomic mass is 10.1. The Morgan fingerprint density at radius 1 is 0.857 bits per heavy atom. The molecule has 0 unspecified atom stereocenters. The molecule has 1 aromatic rings. The molecule has 8 nitrogen and oxygen atoms in total. The smallest absolute Gasteiger partial charge is 0.507 e.